The van der Waals surface area contributed by atoms with Gasteiger partial charge in [0.25, 0.3) is 0 Å². The SMILES string of the molecule is O=C(O)C1CC1C(=O)N1CCN(c2ccccc2F)CC1. The highest BCUT2D eigenvalue weighted by atomic mass is 19.1. The van der Waals surface area contributed by atoms with Gasteiger partial charge >= 0.3 is 5.97 Å². The van der Waals surface area contributed by atoms with Gasteiger partial charge in [-0.3, -0.25) is 9.59 Å². The topological polar surface area (TPSA) is 60.9 Å². The van der Waals surface area contributed by atoms with Gasteiger partial charge in [0.15, 0.2) is 0 Å². The molecule has 1 saturated carbocycles. The van der Waals surface area contributed by atoms with Crippen molar-refractivity contribution in [2.24, 2.45) is 11.8 Å². The lowest BCUT2D eigenvalue weighted by molar-refractivity contribution is -0.142. The minimum absolute atomic E-state index is 0.0735. The van der Waals surface area contributed by atoms with E-state index in [0.29, 0.717) is 38.3 Å². The molecule has 0 aromatic heterocycles. The Bertz CT molecular complexity index is 570. The van der Waals surface area contributed by atoms with Gasteiger partial charge < -0.3 is 14.9 Å². The van der Waals surface area contributed by atoms with Crippen LogP contribution in [0.2, 0.25) is 0 Å². The van der Waals surface area contributed by atoms with Crippen molar-refractivity contribution in [1.29, 1.82) is 0 Å². The molecule has 1 aromatic carbocycles. The zero-order valence-corrected chi connectivity index (χ0v) is 11.5. The summed E-state index contributed by atoms with van der Waals surface area (Å²) in [7, 11) is 0. The Balaban J connectivity index is 1.57. The third-order valence-electron chi connectivity index (χ3n) is 4.21. The zero-order chi connectivity index (χ0) is 15.0. The third-order valence-corrected chi connectivity index (χ3v) is 4.21. The number of hydrogen-bond acceptors (Lipinski definition) is 3. The van der Waals surface area contributed by atoms with Crippen LogP contribution in [0, 0.1) is 17.7 Å². The molecule has 1 amide bonds. The maximum Gasteiger partial charge on any atom is 0.307 e. The Morgan fingerprint density at radius 2 is 1.76 bits per heavy atom. The number of carbonyl (C=O) groups is 2. The quantitative estimate of drug-likeness (QED) is 0.909. The van der Waals surface area contributed by atoms with Crippen LogP contribution in [0.5, 0.6) is 0 Å². The molecule has 2 aliphatic rings. The predicted octanol–water partition coefficient (Wildman–Crippen LogP) is 1.20. The monoisotopic (exact) mass is 292 g/mol. The molecule has 112 valence electrons. The molecule has 6 heteroatoms. The van der Waals surface area contributed by atoms with E-state index in [9.17, 15) is 14.0 Å². The van der Waals surface area contributed by atoms with Crippen LogP contribution >= 0.6 is 0 Å². The maximum absolute atomic E-state index is 13.7. The number of amides is 1. The molecule has 0 spiro atoms. The minimum atomic E-state index is -0.890. The Kier molecular flexibility index (Phi) is 3.53. The average Bonchev–Trinajstić information content (AvgIpc) is 3.28. The van der Waals surface area contributed by atoms with Gasteiger partial charge in [0.1, 0.15) is 5.82 Å². The van der Waals surface area contributed by atoms with E-state index in [0.717, 1.165) is 0 Å². The summed E-state index contributed by atoms with van der Waals surface area (Å²) in [6.45, 7) is 2.15. The first kappa shape index (κ1) is 13.9. The molecule has 1 N–H and O–H groups in total. The van der Waals surface area contributed by atoms with Crippen molar-refractivity contribution in [2.45, 2.75) is 6.42 Å². The molecule has 21 heavy (non-hydrogen) atoms. The summed E-state index contributed by atoms with van der Waals surface area (Å²) >= 11 is 0. The van der Waals surface area contributed by atoms with Crippen molar-refractivity contribution in [3.05, 3.63) is 30.1 Å². The second-order valence-electron chi connectivity index (χ2n) is 5.55. The van der Waals surface area contributed by atoms with Crippen LogP contribution < -0.4 is 4.90 Å². The highest BCUT2D eigenvalue weighted by molar-refractivity contribution is 5.89. The van der Waals surface area contributed by atoms with Gasteiger partial charge in [0.05, 0.1) is 17.5 Å². The number of carboxylic acids is 1. The molecular formula is C15H17FN2O3. The maximum atomic E-state index is 13.7. The molecule has 2 atom stereocenters. The summed E-state index contributed by atoms with van der Waals surface area (Å²) < 4.78 is 13.7. The predicted molar refractivity (Wildman–Crippen MR) is 74.4 cm³/mol. The van der Waals surface area contributed by atoms with E-state index >= 15 is 0 Å². The van der Waals surface area contributed by atoms with Gasteiger partial charge in [-0.1, -0.05) is 12.1 Å². The lowest BCUT2D eigenvalue weighted by Gasteiger charge is -2.36. The first-order valence-electron chi connectivity index (χ1n) is 7.09. The average molecular weight is 292 g/mol. The molecule has 0 radical (unpaired) electrons. The van der Waals surface area contributed by atoms with E-state index < -0.39 is 11.9 Å². The fourth-order valence-electron chi connectivity index (χ4n) is 2.85. The van der Waals surface area contributed by atoms with Crippen LogP contribution in [-0.2, 0) is 9.59 Å². The third kappa shape index (κ3) is 2.70. The second kappa shape index (κ2) is 5.35. The fourth-order valence-corrected chi connectivity index (χ4v) is 2.85. The zero-order valence-electron chi connectivity index (χ0n) is 11.5. The minimum Gasteiger partial charge on any atom is -0.481 e. The Morgan fingerprint density at radius 1 is 1.10 bits per heavy atom. The van der Waals surface area contributed by atoms with E-state index in [1.807, 2.05) is 4.90 Å². The lowest BCUT2D eigenvalue weighted by Crippen LogP contribution is -2.49. The van der Waals surface area contributed by atoms with Crippen LogP contribution in [0.1, 0.15) is 6.42 Å². The number of benzene rings is 1. The van der Waals surface area contributed by atoms with Crippen LogP contribution in [0.3, 0.4) is 0 Å². The molecule has 1 aliphatic carbocycles. The van der Waals surface area contributed by atoms with E-state index in [1.54, 1.807) is 23.1 Å². The van der Waals surface area contributed by atoms with Gasteiger partial charge in [0, 0.05) is 26.2 Å². The number of carboxylic acid groups (broad SMARTS) is 1. The van der Waals surface area contributed by atoms with Crippen molar-refractivity contribution in [3.8, 4) is 0 Å². The van der Waals surface area contributed by atoms with Gasteiger partial charge in [-0.25, -0.2) is 4.39 Å². The van der Waals surface area contributed by atoms with Crippen molar-refractivity contribution in [2.75, 3.05) is 31.1 Å². The number of carbonyl (C=O) groups excluding carboxylic acids is 1. The van der Waals surface area contributed by atoms with Crippen molar-refractivity contribution in [3.63, 3.8) is 0 Å². The summed E-state index contributed by atoms with van der Waals surface area (Å²) in [5, 5.41) is 8.87. The van der Waals surface area contributed by atoms with Crippen LogP contribution in [0.15, 0.2) is 24.3 Å². The molecule has 2 fully saturated rings. The normalized spacial score (nSPS) is 24.8. The van der Waals surface area contributed by atoms with E-state index in [-0.39, 0.29) is 17.6 Å². The summed E-state index contributed by atoms with van der Waals surface area (Å²) in [6.07, 6.45) is 0.446. The van der Waals surface area contributed by atoms with Crippen molar-refractivity contribution >= 4 is 17.6 Å². The molecule has 1 saturated heterocycles. The lowest BCUT2D eigenvalue weighted by atomic mass is 10.2. The number of anilines is 1. The fraction of sp³-hybridized carbons (Fsp3) is 0.467. The molecular weight excluding hydrogens is 275 g/mol. The summed E-state index contributed by atoms with van der Waals surface area (Å²) in [6, 6.07) is 6.60. The number of piperazine rings is 1. The van der Waals surface area contributed by atoms with E-state index in [1.165, 1.54) is 6.07 Å². The van der Waals surface area contributed by atoms with Gasteiger partial charge in [0.2, 0.25) is 5.91 Å². The second-order valence-corrected chi connectivity index (χ2v) is 5.55. The van der Waals surface area contributed by atoms with Crippen LogP contribution in [-0.4, -0.2) is 48.1 Å². The highest BCUT2D eigenvalue weighted by Crippen LogP contribution is 2.40. The smallest absolute Gasteiger partial charge is 0.307 e. The Hall–Kier alpha value is -2.11. The van der Waals surface area contributed by atoms with Gasteiger partial charge in [-0.2, -0.15) is 0 Å². The number of hydrogen-bond donors (Lipinski definition) is 1. The summed E-state index contributed by atoms with van der Waals surface area (Å²) in [4.78, 5) is 26.6. The number of rotatable bonds is 3. The van der Waals surface area contributed by atoms with E-state index in [2.05, 4.69) is 0 Å². The first-order valence-corrected chi connectivity index (χ1v) is 7.09. The van der Waals surface area contributed by atoms with Crippen molar-refractivity contribution in [1.82, 2.24) is 4.90 Å². The molecule has 1 heterocycles. The van der Waals surface area contributed by atoms with Crippen LogP contribution in [0.4, 0.5) is 10.1 Å². The van der Waals surface area contributed by atoms with Gasteiger partial charge in [-0.05, 0) is 18.6 Å². The molecule has 2 unspecified atom stereocenters. The molecule has 0 bridgehead atoms. The Morgan fingerprint density at radius 3 is 2.33 bits per heavy atom. The number of aliphatic carboxylic acids is 1. The standard InChI is InChI=1S/C15H17FN2O3/c16-12-3-1-2-4-13(12)17-5-7-18(8-6-17)14(19)10-9-11(10)15(20)21/h1-4,10-11H,5-9H2,(H,20,21). The molecule has 3 rings (SSSR count). The molecule has 1 aliphatic heterocycles. The molecule has 5 nitrogen and oxygen atoms in total. The first-order chi connectivity index (χ1) is 10.1. The molecule has 1 aromatic rings. The van der Waals surface area contributed by atoms with Crippen molar-refractivity contribution < 1.29 is 19.1 Å². The number of nitrogens with zero attached hydrogens (tertiary/aromatic N) is 2. The number of halogens is 1. The van der Waals surface area contributed by atoms with E-state index in [4.69, 9.17) is 5.11 Å². The largest absolute Gasteiger partial charge is 0.481 e. The Labute approximate surface area is 122 Å². The summed E-state index contributed by atoms with van der Waals surface area (Å²) in [5.74, 6) is -2.09. The van der Waals surface area contributed by atoms with Crippen LogP contribution in [0.25, 0.3) is 0 Å². The number of para-hydroxylation sites is 1. The van der Waals surface area contributed by atoms with Gasteiger partial charge in [-0.15, -0.1) is 0 Å². The summed E-state index contributed by atoms with van der Waals surface area (Å²) in [5.41, 5.74) is 0.555. The highest BCUT2D eigenvalue weighted by Gasteiger charge is 2.50.